The van der Waals surface area contributed by atoms with Gasteiger partial charge in [0.25, 0.3) is 0 Å². The molecule has 1 aromatic rings. The van der Waals surface area contributed by atoms with Crippen molar-refractivity contribution in [3.63, 3.8) is 0 Å². The first-order valence-corrected chi connectivity index (χ1v) is 8.18. The summed E-state index contributed by atoms with van der Waals surface area (Å²) in [5.74, 6) is 0.780. The minimum absolute atomic E-state index is 0.145. The first kappa shape index (κ1) is 17.7. The van der Waals surface area contributed by atoms with Gasteiger partial charge in [0.15, 0.2) is 5.96 Å². The third kappa shape index (κ3) is 4.93. The van der Waals surface area contributed by atoms with Crippen molar-refractivity contribution in [3.8, 4) is 0 Å². The predicted octanol–water partition coefficient (Wildman–Crippen LogP) is 2.69. The zero-order chi connectivity index (χ0) is 17.0. The van der Waals surface area contributed by atoms with Crippen molar-refractivity contribution >= 4 is 5.96 Å². The standard InChI is InChI=1S/C18H29FN4/c1-18(2)8-9-23(13-18)17(20-3)21-11-14-6-7-16(19)15(10-14)12-22(4)5/h6-7,10H,8-9,11-13H2,1-5H3,(H,20,21). The third-order valence-electron chi connectivity index (χ3n) is 4.24. The second-order valence-corrected chi connectivity index (χ2v) is 7.40. The normalized spacial score (nSPS) is 17.9. The fraction of sp³-hybridized carbons (Fsp3) is 0.611. The van der Waals surface area contributed by atoms with Crippen molar-refractivity contribution in [3.05, 3.63) is 35.1 Å². The number of nitrogens with one attached hydrogen (secondary N) is 1. The van der Waals surface area contributed by atoms with Gasteiger partial charge in [0, 0.05) is 38.8 Å². The van der Waals surface area contributed by atoms with Crippen LogP contribution in [0.1, 0.15) is 31.4 Å². The van der Waals surface area contributed by atoms with Crippen molar-refractivity contribution in [2.45, 2.75) is 33.4 Å². The molecule has 0 aromatic heterocycles. The van der Waals surface area contributed by atoms with E-state index < -0.39 is 0 Å². The molecular formula is C18H29FN4. The quantitative estimate of drug-likeness (QED) is 0.683. The van der Waals surface area contributed by atoms with E-state index in [-0.39, 0.29) is 5.82 Å². The largest absolute Gasteiger partial charge is 0.352 e. The second-order valence-electron chi connectivity index (χ2n) is 7.40. The van der Waals surface area contributed by atoms with E-state index in [9.17, 15) is 4.39 Å². The van der Waals surface area contributed by atoms with E-state index in [0.717, 1.165) is 30.2 Å². The molecule has 0 unspecified atom stereocenters. The highest BCUT2D eigenvalue weighted by Gasteiger charge is 2.30. The van der Waals surface area contributed by atoms with Gasteiger partial charge in [0.2, 0.25) is 0 Å². The molecule has 0 atom stereocenters. The fourth-order valence-corrected chi connectivity index (χ4v) is 3.01. The average molecular weight is 320 g/mol. The van der Waals surface area contributed by atoms with E-state index in [0.29, 0.717) is 18.5 Å². The van der Waals surface area contributed by atoms with E-state index in [1.807, 2.05) is 38.2 Å². The molecule has 0 bridgehead atoms. The minimum atomic E-state index is -0.145. The Morgan fingerprint density at radius 1 is 1.39 bits per heavy atom. The molecule has 1 aromatic carbocycles. The van der Waals surface area contributed by atoms with Crippen molar-refractivity contribution < 1.29 is 4.39 Å². The number of benzene rings is 1. The fourth-order valence-electron chi connectivity index (χ4n) is 3.01. The summed E-state index contributed by atoms with van der Waals surface area (Å²) in [6.07, 6.45) is 1.18. The molecule has 1 N–H and O–H groups in total. The summed E-state index contributed by atoms with van der Waals surface area (Å²) in [5, 5.41) is 3.41. The van der Waals surface area contributed by atoms with Crippen LogP contribution in [0.4, 0.5) is 4.39 Å². The van der Waals surface area contributed by atoms with Crippen molar-refractivity contribution in [1.82, 2.24) is 15.1 Å². The molecule has 1 fully saturated rings. The molecule has 1 saturated heterocycles. The van der Waals surface area contributed by atoms with Crippen LogP contribution >= 0.6 is 0 Å². The Morgan fingerprint density at radius 2 is 2.13 bits per heavy atom. The van der Waals surface area contributed by atoms with Gasteiger partial charge >= 0.3 is 0 Å². The number of aliphatic imine (C=N–C) groups is 1. The lowest BCUT2D eigenvalue weighted by Crippen LogP contribution is -2.40. The number of likely N-dealkylation sites (tertiary alicyclic amines) is 1. The Bertz CT molecular complexity index is 566. The molecule has 128 valence electrons. The summed E-state index contributed by atoms with van der Waals surface area (Å²) in [6, 6.07) is 5.32. The topological polar surface area (TPSA) is 30.9 Å². The maximum absolute atomic E-state index is 13.8. The number of guanidine groups is 1. The van der Waals surface area contributed by atoms with E-state index >= 15 is 0 Å². The van der Waals surface area contributed by atoms with Crippen molar-refractivity contribution in [2.75, 3.05) is 34.2 Å². The van der Waals surface area contributed by atoms with Gasteiger partial charge in [-0.1, -0.05) is 19.9 Å². The zero-order valence-electron chi connectivity index (χ0n) is 15.0. The summed E-state index contributed by atoms with van der Waals surface area (Å²) in [5.41, 5.74) is 2.14. The maximum Gasteiger partial charge on any atom is 0.193 e. The molecule has 0 saturated carbocycles. The Kier molecular flexibility index (Phi) is 5.63. The molecule has 0 amide bonds. The molecule has 5 heteroatoms. The highest BCUT2D eigenvalue weighted by molar-refractivity contribution is 5.80. The van der Waals surface area contributed by atoms with Crippen LogP contribution in [0.5, 0.6) is 0 Å². The second kappa shape index (κ2) is 7.30. The third-order valence-corrected chi connectivity index (χ3v) is 4.24. The molecule has 0 radical (unpaired) electrons. The highest BCUT2D eigenvalue weighted by Crippen LogP contribution is 2.28. The van der Waals surface area contributed by atoms with Crippen LogP contribution in [-0.2, 0) is 13.1 Å². The highest BCUT2D eigenvalue weighted by atomic mass is 19.1. The van der Waals surface area contributed by atoms with Crippen LogP contribution in [0.3, 0.4) is 0 Å². The van der Waals surface area contributed by atoms with Crippen LogP contribution in [0, 0.1) is 11.2 Å². The van der Waals surface area contributed by atoms with E-state index in [4.69, 9.17) is 0 Å². The SMILES string of the molecule is CN=C(NCc1ccc(F)c(CN(C)C)c1)N1CCC(C)(C)C1. The van der Waals surface area contributed by atoms with Crippen LogP contribution in [0.15, 0.2) is 23.2 Å². The van der Waals surface area contributed by atoms with Gasteiger partial charge in [0.1, 0.15) is 5.82 Å². The summed E-state index contributed by atoms with van der Waals surface area (Å²) < 4.78 is 13.8. The summed E-state index contributed by atoms with van der Waals surface area (Å²) in [4.78, 5) is 8.66. The molecule has 1 heterocycles. The van der Waals surface area contributed by atoms with Gasteiger partial charge in [-0.2, -0.15) is 0 Å². The number of hydrogen-bond acceptors (Lipinski definition) is 2. The molecule has 4 nitrogen and oxygen atoms in total. The van der Waals surface area contributed by atoms with E-state index in [2.05, 4.69) is 29.1 Å². The van der Waals surface area contributed by atoms with Gasteiger partial charge in [-0.25, -0.2) is 4.39 Å². The Labute approximate surface area is 139 Å². The molecule has 0 aliphatic carbocycles. The maximum atomic E-state index is 13.8. The van der Waals surface area contributed by atoms with Crippen LogP contribution in [0.25, 0.3) is 0 Å². The lowest BCUT2D eigenvalue weighted by atomic mass is 9.93. The monoisotopic (exact) mass is 320 g/mol. The number of halogens is 1. The molecule has 2 rings (SSSR count). The van der Waals surface area contributed by atoms with Gasteiger partial charge < -0.3 is 15.1 Å². The van der Waals surface area contributed by atoms with Crippen LogP contribution in [-0.4, -0.2) is 50.0 Å². The lowest BCUT2D eigenvalue weighted by molar-refractivity contribution is 0.370. The summed E-state index contributed by atoms with van der Waals surface area (Å²) in [7, 11) is 5.71. The van der Waals surface area contributed by atoms with Crippen LogP contribution in [0.2, 0.25) is 0 Å². The van der Waals surface area contributed by atoms with E-state index in [1.54, 1.807) is 6.07 Å². The lowest BCUT2D eigenvalue weighted by Gasteiger charge is -2.24. The van der Waals surface area contributed by atoms with Gasteiger partial charge in [0.05, 0.1) is 0 Å². The first-order chi connectivity index (χ1) is 10.8. The zero-order valence-corrected chi connectivity index (χ0v) is 15.0. The number of hydrogen-bond donors (Lipinski definition) is 1. The Hall–Kier alpha value is -1.62. The molecule has 0 spiro atoms. The number of rotatable bonds is 4. The van der Waals surface area contributed by atoms with E-state index in [1.165, 1.54) is 6.42 Å². The molecule has 23 heavy (non-hydrogen) atoms. The molecule has 1 aliphatic heterocycles. The summed E-state index contributed by atoms with van der Waals surface area (Å²) in [6.45, 7) is 7.88. The summed E-state index contributed by atoms with van der Waals surface area (Å²) >= 11 is 0. The Balaban J connectivity index is 1.99. The van der Waals surface area contributed by atoms with Crippen molar-refractivity contribution in [1.29, 1.82) is 0 Å². The first-order valence-electron chi connectivity index (χ1n) is 8.18. The molecular weight excluding hydrogens is 291 g/mol. The number of nitrogens with zero attached hydrogens (tertiary/aromatic N) is 3. The van der Waals surface area contributed by atoms with Crippen LogP contribution < -0.4 is 5.32 Å². The Morgan fingerprint density at radius 3 is 2.70 bits per heavy atom. The average Bonchev–Trinajstić information content (AvgIpc) is 2.82. The van der Waals surface area contributed by atoms with Gasteiger partial charge in [-0.3, -0.25) is 4.99 Å². The smallest absolute Gasteiger partial charge is 0.193 e. The molecule has 1 aliphatic rings. The van der Waals surface area contributed by atoms with Gasteiger partial charge in [-0.05, 0) is 43.6 Å². The predicted molar refractivity (Wildman–Crippen MR) is 94.0 cm³/mol. The van der Waals surface area contributed by atoms with Crippen molar-refractivity contribution in [2.24, 2.45) is 10.4 Å². The van der Waals surface area contributed by atoms with Gasteiger partial charge in [-0.15, -0.1) is 0 Å². The minimum Gasteiger partial charge on any atom is -0.352 e.